The minimum Gasteiger partial charge on any atom is -0.384 e. The molecule has 1 unspecified atom stereocenters. The summed E-state index contributed by atoms with van der Waals surface area (Å²) in [6.07, 6.45) is 0. The van der Waals surface area contributed by atoms with Gasteiger partial charge in [-0.15, -0.1) is 0 Å². The van der Waals surface area contributed by atoms with Crippen molar-refractivity contribution < 1.29 is 0 Å². The highest BCUT2D eigenvalue weighted by Gasteiger charge is 2.22. The van der Waals surface area contributed by atoms with Crippen LogP contribution in [0.3, 0.4) is 0 Å². The van der Waals surface area contributed by atoms with Crippen molar-refractivity contribution in [1.82, 2.24) is 0 Å². The van der Waals surface area contributed by atoms with Crippen LogP contribution in [0.15, 0.2) is 12.1 Å². The summed E-state index contributed by atoms with van der Waals surface area (Å²) in [5, 5.41) is 5.19. The summed E-state index contributed by atoms with van der Waals surface area (Å²) in [5.74, 6) is 0.584. The van der Waals surface area contributed by atoms with E-state index in [1.54, 1.807) is 0 Å². The lowest BCUT2D eigenvalue weighted by atomic mass is 10.0. The third-order valence-corrected chi connectivity index (χ3v) is 4.56. The van der Waals surface area contributed by atoms with Gasteiger partial charge in [0.15, 0.2) is 0 Å². The molecule has 1 heterocycles. The molecule has 13 heavy (non-hydrogen) atoms. The molecule has 1 aliphatic rings. The molecule has 1 N–H and O–H groups in total. The highest BCUT2D eigenvalue weighted by Crippen LogP contribution is 2.36. The van der Waals surface area contributed by atoms with Gasteiger partial charge in [0.2, 0.25) is 0 Å². The molecule has 0 aromatic heterocycles. The lowest BCUT2D eigenvalue weighted by molar-refractivity contribution is 0.873. The van der Waals surface area contributed by atoms with E-state index in [1.807, 2.05) is 6.07 Å². The minimum atomic E-state index is 0.584. The summed E-state index contributed by atoms with van der Waals surface area (Å²) in [6.45, 7) is 1.01. The molecule has 4 heteroatoms. The van der Waals surface area contributed by atoms with Crippen LogP contribution < -0.4 is 5.32 Å². The smallest absolute Gasteiger partial charge is 0.0560 e. The fourth-order valence-corrected chi connectivity index (χ4v) is 2.77. The molecule has 0 aliphatic carbocycles. The van der Waals surface area contributed by atoms with E-state index in [1.165, 1.54) is 11.3 Å². The van der Waals surface area contributed by atoms with Crippen LogP contribution in [-0.4, -0.2) is 11.9 Å². The maximum Gasteiger partial charge on any atom is 0.0560 e. The summed E-state index contributed by atoms with van der Waals surface area (Å²) in [7, 11) is 0. The van der Waals surface area contributed by atoms with Crippen molar-refractivity contribution in [2.24, 2.45) is 0 Å². The Bertz CT molecular complexity index is 343. The number of alkyl halides is 1. The maximum absolute atomic E-state index is 6.02. The van der Waals surface area contributed by atoms with Crippen molar-refractivity contribution in [1.29, 1.82) is 0 Å². The van der Waals surface area contributed by atoms with Crippen molar-refractivity contribution in [2.45, 2.75) is 5.92 Å². The van der Waals surface area contributed by atoms with Gasteiger partial charge in [-0.25, -0.2) is 0 Å². The van der Waals surface area contributed by atoms with Crippen LogP contribution in [0.25, 0.3) is 0 Å². The number of benzene rings is 1. The SMILES string of the molecule is Clc1cc2c(cc1I)C(CBr)CN2. The van der Waals surface area contributed by atoms with E-state index in [2.05, 4.69) is 49.9 Å². The number of hydrogen-bond donors (Lipinski definition) is 1. The first-order chi connectivity index (χ1) is 6.22. The molecular weight excluding hydrogens is 364 g/mol. The van der Waals surface area contributed by atoms with Crippen LogP contribution in [-0.2, 0) is 0 Å². The Morgan fingerprint density at radius 2 is 2.38 bits per heavy atom. The van der Waals surface area contributed by atoms with Gasteiger partial charge in [0.05, 0.1) is 5.02 Å². The zero-order valence-electron chi connectivity index (χ0n) is 6.78. The summed E-state index contributed by atoms with van der Waals surface area (Å²) in [6, 6.07) is 4.19. The molecule has 1 aliphatic heterocycles. The quantitative estimate of drug-likeness (QED) is 0.583. The average molecular weight is 372 g/mol. The minimum absolute atomic E-state index is 0.584. The van der Waals surface area contributed by atoms with E-state index in [9.17, 15) is 0 Å². The largest absolute Gasteiger partial charge is 0.384 e. The van der Waals surface area contributed by atoms with Gasteiger partial charge in [0, 0.05) is 27.1 Å². The highest BCUT2D eigenvalue weighted by molar-refractivity contribution is 14.1. The zero-order valence-corrected chi connectivity index (χ0v) is 11.3. The molecular formula is C9H8BrClIN. The normalized spacial score (nSPS) is 19.8. The predicted octanol–water partition coefficient (Wildman–Crippen LogP) is 3.85. The highest BCUT2D eigenvalue weighted by atomic mass is 127. The third kappa shape index (κ3) is 1.83. The van der Waals surface area contributed by atoms with Crippen LogP contribution in [0.1, 0.15) is 11.5 Å². The van der Waals surface area contributed by atoms with Gasteiger partial charge < -0.3 is 5.32 Å². The first kappa shape index (κ1) is 10.1. The van der Waals surface area contributed by atoms with E-state index in [0.717, 1.165) is 20.5 Å². The Hall–Kier alpha value is 0.520. The fraction of sp³-hybridized carbons (Fsp3) is 0.333. The first-order valence-corrected chi connectivity index (χ1v) is 6.59. The van der Waals surface area contributed by atoms with Crippen LogP contribution in [0.2, 0.25) is 5.02 Å². The van der Waals surface area contributed by atoms with Gasteiger partial charge in [0.1, 0.15) is 0 Å². The topological polar surface area (TPSA) is 12.0 Å². The molecule has 0 fully saturated rings. The summed E-state index contributed by atoms with van der Waals surface area (Å²) in [4.78, 5) is 0. The zero-order chi connectivity index (χ0) is 9.42. The number of halogens is 3. The summed E-state index contributed by atoms with van der Waals surface area (Å²) < 4.78 is 1.13. The second-order valence-electron chi connectivity index (χ2n) is 3.09. The number of rotatable bonds is 1. The van der Waals surface area contributed by atoms with Crippen molar-refractivity contribution in [3.05, 3.63) is 26.3 Å². The van der Waals surface area contributed by atoms with E-state index in [4.69, 9.17) is 11.6 Å². The molecule has 2 rings (SSSR count). The Morgan fingerprint density at radius 3 is 3.08 bits per heavy atom. The number of nitrogens with one attached hydrogen (secondary N) is 1. The molecule has 1 atom stereocenters. The molecule has 0 saturated heterocycles. The fourth-order valence-electron chi connectivity index (χ4n) is 1.53. The number of hydrogen-bond acceptors (Lipinski definition) is 1. The second kappa shape index (κ2) is 3.95. The molecule has 0 spiro atoms. The van der Waals surface area contributed by atoms with Gasteiger partial charge in [-0.05, 0) is 40.3 Å². The van der Waals surface area contributed by atoms with Crippen LogP contribution in [0.4, 0.5) is 5.69 Å². The molecule has 1 nitrogen and oxygen atoms in total. The van der Waals surface area contributed by atoms with Crippen LogP contribution in [0, 0.1) is 3.57 Å². The van der Waals surface area contributed by atoms with Gasteiger partial charge in [0.25, 0.3) is 0 Å². The molecule has 0 amide bonds. The third-order valence-electron chi connectivity index (χ3n) is 2.26. The van der Waals surface area contributed by atoms with Gasteiger partial charge in [-0.1, -0.05) is 27.5 Å². The Labute approximate surface area is 105 Å². The number of fused-ring (bicyclic) bond motifs is 1. The predicted molar refractivity (Wildman–Crippen MR) is 69.2 cm³/mol. The molecule has 70 valence electrons. The average Bonchev–Trinajstić information content (AvgIpc) is 2.48. The molecule has 0 bridgehead atoms. The van der Waals surface area contributed by atoms with Crippen molar-refractivity contribution in [3.8, 4) is 0 Å². The number of anilines is 1. The van der Waals surface area contributed by atoms with Gasteiger partial charge in [-0.3, -0.25) is 0 Å². The van der Waals surface area contributed by atoms with E-state index < -0.39 is 0 Å². The second-order valence-corrected chi connectivity index (χ2v) is 5.30. The van der Waals surface area contributed by atoms with Gasteiger partial charge >= 0.3 is 0 Å². The lowest BCUT2D eigenvalue weighted by Crippen LogP contribution is -2.02. The van der Waals surface area contributed by atoms with Crippen molar-refractivity contribution in [2.75, 3.05) is 17.2 Å². The van der Waals surface area contributed by atoms with E-state index in [-0.39, 0.29) is 0 Å². The molecule has 1 aromatic carbocycles. The van der Waals surface area contributed by atoms with Crippen molar-refractivity contribution >= 4 is 55.8 Å². The van der Waals surface area contributed by atoms with Crippen LogP contribution >= 0.6 is 50.1 Å². The molecule has 0 saturated carbocycles. The monoisotopic (exact) mass is 371 g/mol. The lowest BCUT2D eigenvalue weighted by Gasteiger charge is -2.06. The first-order valence-electron chi connectivity index (χ1n) is 4.01. The summed E-state index contributed by atoms with van der Waals surface area (Å²) in [5.41, 5.74) is 2.57. The van der Waals surface area contributed by atoms with Gasteiger partial charge in [-0.2, -0.15) is 0 Å². The molecule has 0 radical (unpaired) electrons. The van der Waals surface area contributed by atoms with E-state index in [0.29, 0.717) is 5.92 Å². The van der Waals surface area contributed by atoms with Crippen LogP contribution in [0.5, 0.6) is 0 Å². The molecule has 1 aromatic rings. The summed E-state index contributed by atoms with van der Waals surface area (Å²) >= 11 is 11.8. The Balaban J connectivity index is 2.47. The Kier molecular flexibility index (Phi) is 3.05. The van der Waals surface area contributed by atoms with E-state index >= 15 is 0 Å². The Morgan fingerprint density at radius 1 is 1.62 bits per heavy atom. The van der Waals surface area contributed by atoms with Crippen molar-refractivity contribution in [3.63, 3.8) is 0 Å². The standard InChI is InChI=1S/C9H8BrClIN/c10-3-5-4-13-9-2-7(11)8(12)1-6(5)9/h1-2,5,13H,3-4H2. The maximum atomic E-state index is 6.02.